The molecule has 276 valence electrons. The molecule has 1 aromatic carbocycles. The van der Waals surface area contributed by atoms with Gasteiger partial charge in [0.1, 0.15) is 18.4 Å². The highest BCUT2D eigenvalue weighted by Crippen LogP contribution is 2.30. The normalized spacial score (nSPS) is 12.0. The van der Waals surface area contributed by atoms with Crippen LogP contribution in [0.25, 0.3) is 0 Å². The Balaban J connectivity index is 2.80. The second-order valence-electron chi connectivity index (χ2n) is 14.3. The molecule has 0 amide bonds. The molecule has 0 aliphatic carbocycles. The van der Waals surface area contributed by atoms with Crippen LogP contribution in [0, 0.1) is 0 Å². The van der Waals surface area contributed by atoms with Crippen LogP contribution in [0.15, 0.2) is 23.2 Å². The number of unbranched alkanes of at least 4 members (excludes halogenated alkanes) is 27. The van der Waals surface area contributed by atoms with Gasteiger partial charge in [0, 0.05) is 25.1 Å². The van der Waals surface area contributed by atoms with E-state index in [1.165, 1.54) is 187 Å². The lowest BCUT2D eigenvalue weighted by Gasteiger charge is -2.09. The lowest BCUT2D eigenvalue weighted by molar-refractivity contribution is -0.437. The van der Waals surface area contributed by atoms with Crippen LogP contribution < -0.4 is 0 Å². The number of esters is 1. The van der Waals surface area contributed by atoms with E-state index in [0.29, 0.717) is 5.56 Å². The number of carbonyl (C=O) groups excluding carboxylic acids is 1. The predicted molar refractivity (Wildman–Crippen MR) is 212 cm³/mol. The number of carbonyl (C=O) groups is 1. The topological polar surface area (TPSA) is 41.7 Å². The zero-order valence-electron chi connectivity index (χ0n) is 32.5. The number of methoxy groups -OCH3 is 1. The Labute approximate surface area is 299 Å². The third-order valence-electron chi connectivity index (χ3n) is 9.78. The van der Waals surface area contributed by atoms with Gasteiger partial charge >= 0.3 is 5.97 Å². The molecule has 0 spiro atoms. The first-order valence-corrected chi connectivity index (χ1v) is 21.0. The molecule has 0 N–H and O–H groups in total. The van der Waals surface area contributed by atoms with Crippen LogP contribution >= 0.6 is 0 Å². The monoisotopic (exact) mass is 668 g/mol. The molecule has 0 aromatic heterocycles. The minimum absolute atomic E-state index is 0.295. The Hall–Kier alpha value is -1.97. The van der Waals surface area contributed by atoms with Gasteiger partial charge in [0.05, 0.1) is 12.7 Å². The van der Waals surface area contributed by atoms with Gasteiger partial charge in [-0.15, -0.1) is 0 Å². The molecule has 0 unspecified atom stereocenters. The fourth-order valence-electron chi connectivity index (χ4n) is 6.61. The molecule has 0 fully saturated rings. The van der Waals surface area contributed by atoms with Crippen molar-refractivity contribution in [2.75, 3.05) is 13.7 Å². The third kappa shape index (κ3) is 24.2. The first-order valence-electron chi connectivity index (χ1n) is 21.0. The molecular weight excluding hydrogens is 588 g/mol. The molecule has 4 heteroatoms. The van der Waals surface area contributed by atoms with Crippen LogP contribution in [0.1, 0.15) is 224 Å². The van der Waals surface area contributed by atoms with Crippen molar-refractivity contribution in [2.24, 2.45) is 4.99 Å². The van der Waals surface area contributed by atoms with Crippen LogP contribution in [0.5, 0.6) is 0 Å². The molecule has 0 atom stereocenters. The van der Waals surface area contributed by atoms with Crippen LogP contribution in [-0.4, -0.2) is 36.6 Å². The van der Waals surface area contributed by atoms with E-state index in [4.69, 9.17) is 9.73 Å². The maximum atomic E-state index is 12.5. The van der Waals surface area contributed by atoms with Crippen molar-refractivity contribution < 1.29 is 14.1 Å². The molecule has 0 radical (unpaired) electrons. The molecule has 4 nitrogen and oxygen atoms in total. The maximum Gasteiger partial charge on any atom is 0.337 e. The van der Waals surface area contributed by atoms with Gasteiger partial charge in [-0.3, -0.25) is 4.99 Å². The second-order valence-corrected chi connectivity index (χ2v) is 14.3. The van der Waals surface area contributed by atoms with Crippen LogP contribution in [0.2, 0.25) is 0 Å². The summed E-state index contributed by atoms with van der Waals surface area (Å²) in [6.07, 6.45) is 44.1. The van der Waals surface area contributed by atoms with Crippen molar-refractivity contribution in [3.63, 3.8) is 0 Å². The van der Waals surface area contributed by atoms with Crippen molar-refractivity contribution in [3.05, 3.63) is 23.8 Å². The molecule has 1 rings (SSSR count). The van der Waals surface area contributed by atoms with Crippen molar-refractivity contribution in [3.8, 4) is 0 Å². The Bertz CT molecular complexity index is 938. The van der Waals surface area contributed by atoms with Crippen molar-refractivity contribution in [1.29, 1.82) is 0 Å². The minimum Gasteiger partial charge on any atom is -0.465 e. The van der Waals surface area contributed by atoms with Gasteiger partial charge < -0.3 is 4.74 Å². The van der Waals surface area contributed by atoms with Gasteiger partial charge in [-0.1, -0.05) is 175 Å². The molecule has 0 aliphatic rings. The average Bonchev–Trinajstić information content (AvgIpc) is 3.11. The first-order chi connectivity index (χ1) is 23.7. The predicted octanol–water partition coefficient (Wildman–Crippen LogP) is 14.7. The first kappa shape index (κ1) is 44.1. The summed E-state index contributed by atoms with van der Waals surface area (Å²) < 4.78 is 7.51. The smallest absolute Gasteiger partial charge is 0.337 e. The number of benzene rings is 1. The van der Waals surface area contributed by atoms with E-state index in [0.717, 1.165) is 30.8 Å². The SMILES string of the molecule is CCCCCCCCCCCC=Nc1cc(C(=O)OC)ccc1[N+](=CCCCCCCCCCCC)CCCCCCCCCCCC. The summed E-state index contributed by atoms with van der Waals surface area (Å²) >= 11 is 0. The Kier molecular flexibility index (Phi) is 30.8. The molecule has 0 bridgehead atoms. The summed E-state index contributed by atoms with van der Waals surface area (Å²) in [5.41, 5.74) is 2.59. The van der Waals surface area contributed by atoms with E-state index >= 15 is 0 Å². The zero-order chi connectivity index (χ0) is 34.8. The lowest BCUT2D eigenvalue weighted by Crippen LogP contribution is -2.11. The molecule has 0 saturated carbocycles. The highest BCUT2D eigenvalue weighted by Gasteiger charge is 2.18. The lowest BCUT2D eigenvalue weighted by atomic mass is 10.1. The van der Waals surface area contributed by atoms with Gasteiger partial charge in [0.2, 0.25) is 5.69 Å². The molecule has 1 aromatic rings. The fourth-order valence-corrected chi connectivity index (χ4v) is 6.61. The van der Waals surface area contributed by atoms with Gasteiger partial charge in [0.25, 0.3) is 0 Å². The van der Waals surface area contributed by atoms with E-state index in [1.54, 1.807) is 0 Å². The molecule has 0 heterocycles. The average molecular weight is 668 g/mol. The quantitative estimate of drug-likeness (QED) is 0.0318. The fraction of sp³-hybridized carbons (Fsp3) is 0.795. The van der Waals surface area contributed by atoms with Gasteiger partial charge in [-0.05, 0) is 37.8 Å². The second kappa shape index (κ2) is 33.5. The Morgan fingerprint density at radius 2 is 1.00 bits per heavy atom. The van der Waals surface area contributed by atoms with Gasteiger partial charge in [0.15, 0.2) is 0 Å². The summed E-state index contributed by atoms with van der Waals surface area (Å²) in [7, 11) is 1.46. The number of hydrogen-bond acceptors (Lipinski definition) is 3. The number of rotatable bonds is 34. The number of ether oxygens (including phenoxy) is 1. The van der Waals surface area contributed by atoms with E-state index in [9.17, 15) is 4.79 Å². The Morgan fingerprint density at radius 3 is 1.46 bits per heavy atom. The van der Waals surface area contributed by atoms with Crippen LogP contribution in [0.4, 0.5) is 11.4 Å². The van der Waals surface area contributed by atoms with Crippen molar-refractivity contribution >= 4 is 29.8 Å². The summed E-state index contributed by atoms with van der Waals surface area (Å²) in [5, 5.41) is 0. The minimum atomic E-state index is -0.295. The summed E-state index contributed by atoms with van der Waals surface area (Å²) in [6, 6.07) is 5.95. The Morgan fingerprint density at radius 1 is 0.583 bits per heavy atom. The van der Waals surface area contributed by atoms with Gasteiger partial charge in [-0.2, -0.15) is 0 Å². The largest absolute Gasteiger partial charge is 0.465 e. The molecule has 48 heavy (non-hydrogen) atoms. The highest BCUT2D eigenvalue weighted by atomic mass is 16.5. The summed E-state index contributed by atoms with van der Waals surface area (Å²) in [4.78, 5) is 17.4. The van der Waals surface area contributed by atoms with E-state index in [2.05, 4.69) is 43.8 Å². The van der Waals surface area contributed by atoms with E-state index in [-0.39, 0.29) is 5.97 Å². The van der Waals surface area contributed by atoms with Gasteiger partial charge in [-0.25, -0.2) is 9.37 Å². The number of aliphatic imine (C=N–C) groups is 1. The number of hydrogen-bond donors (Lipinski definition) is 0. The van der Waals surface area contributed by atoms with E-state index < -0.39 is 0 Å². The van der Waals surface area contributed by atoms with Crippen LogP contribution in [0.3, 0.4) is 0 Å². The molecular formula is C44H79N2O2+. The summed E-state index contributed by atoms with van der Waals surface area (Å²) in [6.45, 7) is 7.87. The number of nitrogens with zero attached hydrogens (tertiary/aromatic N) is 2. The third-order valence-corrected chi connectivity index (χ3v) is 9.78. The highest BCUT2D eigenvalue weighted by molar-refractivity contribution is 5.91. The maximum absolute atomic E-state index is 12.5. The molecule has 0 saturated heterocycles. The zero-order valence-corrected chi connectivity index (χ0v) is 32.5. The molecule has 0 aliphatic heterocycles. The van der Waals surface area contributed by atoms with Crippen molar-refractivity contribution in [1.82, 2.24) is 0 Å². The standard InChI is InChI=1S/C44H79N2O2/c1-5-8-11-14-17-20-23-26-29-32-37-45-42-40-41(44(47)48-4)35-36-43(42)46(38-33-30-27-24-21-18-15-12-9-6-2)39-34-31-28-25-22-19-16-13-10-7-3/h35-38,40H,5-34,39H2,1-4H3/q+1. The van der Waals surface area contributed by atoms with Crippen molar-refractivity contribution in [2.45, 2.75) is 213 Å². The summed E-state index contributed by atoms with van der Waals surface area (Å²) in [5.74, 6) is -0.295. The van der Waals surface area contributed by atoms with Crippen LogP contribution in [-0.2, 0) is 4.74 Å². The van der Waals surface area contributed by atoms with E-state index in [1.807, 2.05) is 12.1 Å².